The number of carbonyl (C=O) groups excluding carboxylic acids is 2. The van der Waals surface area contributed by atoms with Crippen LogP contribution in [-0.4, -0.2) is 23.3 Å². The Morgan fingerprint density at radius 1 is 1.47 bits per heavy atom. The lowest BCUT2D eigenvalue weighted by Crippen LogP contribution is -2.12. The maximum Gasteiger partial charge on any atom is 0.338 e. The van der Waals surface area contributed by atoms with Crippen LogP contribution < -0.4 is 0 Å². The third-order valence-electron chi connectivity index (χ3n) is 2.37. The van der Waals surface area contributed by atoms with Gasteiger partial charge in [-0.1, -0.05) is 0 Å². The molecule has 1 unspecified atom stereocenters. The number of alkyl halides is 1. The van der Waals surface area contributed by atoms with Crippen LogP contribution in [0.3, 0.4) is 0 Å². The highest BCUT2D eigenvalue weighted by Gasteiger charge is 2.24. The highest BCUT2D eigenvalue weighted by Crippen LogP contribution is 2.28. The number of non-ortho nitro benzene ring substituents is 1. The monoisotopic (exact) mass is 285 g/mol. The fourth-order valence-corrected chi connectivity index (χ4v) is 1.67. The number of halogens is 1. The molecule has 0 heterocycles. The van der Waals surface area contributed by atoms with Crippen LogP contribution in [0.1, 0.15) is 35.1 Å². The van der Waals surface area contributed by atoms with Gasteiger partial charge in [-0.2, -0.15) is 0 Å². The first-order valence-corrected chi connectivity index (χ1v) is 5.92. The Labute approximate surface area is 114 Å². The number of carbonyl (C=O) groups is 2. The third-order valence-corrected chi connectivity index (χ3v) is 2.92. The van der Waals surface area contributed by atoms with E-state index in [9.17, 15) is 19.7 Å². The van der Waals surface area contributed by atoms with Crippen LogP contribution in [0.25, 0.3) is 0 Å². The molecular weight excluding hydrogens is 274 g/mol. The van der Waals surface area contributed by atoms with E-state index in [4.69, 9.17) is 16.3 Å². The Morgan fingerprint density at radius 3 is 2.58 bits per heavy atom. The molecule has 1 aromatic carbocycles. The van der Waals surface area contributed by atoms with E-state index in [1.165, 1.54) is 19.1 Å². The Bertz CT molecular complexity index is 529. The highest BCUT2D eigenvalue weighted by molar-refractivity contribution is 6.31. The summed E-state index contributed by atoms with van der Waals surface area (Å²) in [5.41, 5.74) is -0.122. The Balaban J connectivity index is 3.34. The third kappa shape index (κ3) is 3.51. The van der Waals surface area contributed by atoms with Gasteiger partial charge in [-0.15, -0.1) is 11.6 Å². The number of ether oxygens (including phenoxy) is 1. The van der Waals surface area contributed by atoms with Gasteiger partial charge in [-0.05, 0) is 25.5 Å². The summed E-state index contributed by atoms with van der Waals surface area (Å²) in [6.07, 6.45) is 0. The molecule has 0 fully saturated rings. The normalized spacial score (nSPS) is 11.7. The standard InChI is InChI=1S/C12H12ClNO5/c1-3-19-12(16)10-6-8(14(17)18)4-5-9(10)11(13)7(2)15/h4-6,11H,3H2,1-2H3. The number of Topliss-reactive ketones (excluding diaryl/α,β-unsaturated/α-hetero) is 1. The predicted octanol–water partition coefficient (Wildman–Crippen LogP) is 2.64. The van der Waals surface area contributed by atoms with E-state index in [2.05, 4.69) is 0 Å². The summed E-state index contributed by atoms with van der Waals surface area (Å²) in [7, 11) is 0. The van der Waals surface area contributed by atoms with Crippen molar-refractivity contribution in [2.45, 2.75) is 19.2 Å². The van der Waals surface area contributed by atoms with Gasteiger partial charge in [-0.25, -0.2) is 4.79 Å². The molecule has 0 radical (unpaired) electrons. The molecular formula is C12H12ClNO5. The lowest BCUT2D eigenvalue weighted by Gasteiger charge is -2.11. The van der Waals surface area contributed by atoms with Crippen molar-refractivity contribution in [2.24, 2.45) is 0 Å². The first kappa shape index (κ1) is 15.1. The number of hydrogen-bond acceptors (Lipinski definition) is 5. The van der Waals surface area contributed by atoms with E-state index in [0.717, 1.165) is 6.07 Å². The summed E-state index contributed by atoms with van der Waals surface area (Å²) in [5, 5.41) is 9.66. The second kappa shape index (κ2) is 6.29. The first-order chi connectivity index (χ1) is 8.88. The number of esters is 1. The molecule has 0 aliphatic rings. The van der Waals surface area contributed by atoms with E-state index in [0.29, 0.717) is 0 Å². The summed E-state index contributed by atoms with van der Waals surface area (Å²) in [5.74, 6) is -1.10. The summed E-state index contributed by atoms with van der Waals surface area (Å²) >= 11 is 5.90. The SMILES string of the molecule is CCOC(=O)c1cc([N+](=O)[O-])ccc1C(Cl)C(C)=O. The molecule has 0 spiro atoms. The Hall–Kier alpha value is -1.95. The second-order valence-corrected chi connectivity index (χ2v) is 4.16. The van der Waals surface area contributed by atoms with Crippen molar-refractivity contribution in [3.05, 3.63) is 39.4 Å². The lowest BCUT2D eigenvalue weighted by atomic mass is 10.0. The lowest BCUT2D eigenvalue weighted by molar-refractivity contribution is -0.384. The molecule has 0 aliphatic heterocycles. The molecule has 1 rings (SSSR count). The molecule has 0 N–H and O–H groups in total. The van der Waals surface area contributed by atoms with Gasteiger partial charge >= 0.3 is 5.97 Å². The Morgan fingerprint density at radius 2 is 2.11 bits per heavy atom. The van der Waals surface area contributed by atoms with Crippen LogP contribution >= 0.6 is 11.6 Å². The van der Waals surface area contributed by atoms with Crippen molar-refractivity contribution in [2.75, 3.05) is 6.61 Å². The number of hydrogen-bond donors (Lipinski definition) is 0. The van der Waals surface area contributed by atoms with Crippen molar-refractivity contribution in [1.29, 1.82) is 0 Å². The van der Waals surface area contributed by atoms with Crippen molar-refractivity contribution in [1.82, 2.24) is 0 Å². The molecule has 6 nitrogen and oxygen atoms in total. The van der Waals surface area contributed by atoms with E-state index in [1.54, 1.807) is 6.92 Å². The first-order valence-electron chi connectivity index (χ1n) is 5.48. The zero-order valence-electron chi connectivity index (χ0n) is 10.4. The average Bonchev–Trinajstić information content (AvgIpc) is 2.37. The van der Waals surface area contributed by atoms with Gasteiger partial charge < -0.3 is 4.74 Å². The maximum absolute atomic E-state index is 11.8. The summed E-state index contributed by atoms with van der Waals surface area (Å²) in [4.78, 5) is 33.1. The predicted molar refractivity (Wildman–Crippen MR) is 68.3 cm³/mol. The highest BCUT2D eigenvalue weighted by atomic mass is 35.5. The summed E-state index contributed by atoms with van der Waals surface area (Å²) < 4.78 is 4.80. The molecule has 102 valence electrons. The molecule has 7 heteroatoms. The van der Waals surface area contributed by atoms with Crippen LogP contribution in [0, 0.1) is 10.1 Å². The molecule has 0 saturated carbocycles. The van der Waals surface area contributed by atoms with Gasteiger partial charge in [0.25, 0.3) is 5.69 Å². The molecule has 0 saturated heterocycles. The van der Waals surface area contributed by atoms with E-state index < -0.39 is 16.3 Å². The van der Waals surface area contributed by atoms with Crippen LogP contribution in [0.15, 0.2) is 18.2 Å². The van der Waals surface area contributed by atoms with Crippen LogP contribution in [0.2, 0.25) is 0 Å². The molecule has 19 heavy (non-hydrogen) atoms. The van der Waals surface area contributed by atoms with Gasteiger partial charge in [0.2, 0.25) is 0 Å². The number of rotatable bonds is 5. The minimum Gasteiger partial charge on any atom is -0.462 e. The molecule has 0 aliphatic carbocycles. The summed E-state index contributed by atoms with van der Waals surface area (Å²) in [6, 6.07) is 3.55. The zero-order chi connectivity index (χ0) is 14.6. The quantitative estimate of drug-likeness (QED) is 0.359. The van der Waals surface area contributed by atoms with Gasteiger partial charge in [0.05, 0.1) is 17.1 Å². The molecule has 0 bridgehead atoms. The van der Waals surface area contributed by atoms with Gasteiger partial charge in [-0.3, -0.25) is 14.9 Å². The topological polar surface area (TPSA) is 86.5 Å². The number of benzene rings is 1. The number of nitrogens with zero attached hydrogens (tertiary/aromatic N) is 1. The fourth-order valence-electron chi connectivity index (χ4n) is 1.48. The van der Waals surface area contributed by atoms with Crippen molar-refractivity contribution < 1.29 is 19.2 Å². The van der Waals surface area contributed by atoms with Crippen LogP contribution in [0.4, 0.5) is 5.69 Å². The number of nitro groups is 1. The maximum atomic E-state index is 11.8. The average molecular weight is 286 g/mol. The smallest absolute Gasteiger partial charge is 0.338 e. The van der Waals surface area contributed by atoms with Crippen molar-refractivity contribution >= 4 is 29.0 Å². The van der Waals surface area contributed by atoms with E-state index >= 15 is 0 Å². The molecule has 1 atom stereocenters. The van der Waals surface area contributed by atoms with Crippen LogP contribution in [-0.2, 0) is 9.53 Å². The largest absolute Gasteiger partial charge is 0.462 e. The van der Waals surface area contributed by atoms with Crippen molar-refractivity contribution in [3.8, 4) is 0 Å². The van der Waals surface area contributed by atoms with Crippen LogP contribution in [0.5, 0.6) is 0 Å². The van der Waals surface area contributed by atoms with E-state index in [-0.39, 0.29) is 29.2 Å². The van der Waals surface area contributed by atoms with Gasteiger partial charge in [0.1, 0.15) is 5.38 Å². The second-order valence-electron chi connectivity index (χ2n) is 3.72. The molecule has 0 aromatic heterocycles. The zero-order valence-corrected chi connectivity index (χ0v) is 11.1. The summed E-state index contributed by atoms with van der Waals surface area (Å²) in [6.45, 7) is 3.00. The van der Waals surface area contributed by atoms with Crippen molar-refractivity contribution in [3.63, 3.8) is 0 Å². The van der Waals surface area contributed by atoms with Gasteiger partial charge in [0.15, 0.2) is 5.78 Å². The van der Waals surface area contributed by atoms with Gasteiger partial charge in [0, 0.05) is 12.1 Å². The number of nitro benzene ring substituents is 1. The Kier molecular flexibility index (Phi) is 5.00. The minimum absolute atomic E-state index is 0.0637. The number of ketones is 1. The molecule has 1 aromatic rings. The fraction of sp³-hybridized carbons (Fsp3) is 0.333. The van der Waals surface area contributed by atoms with E-state index in [1.807, 2.05) is 0 Å². The molecule has 0 amide bonds. The minimum atomic E-state index is -1.04.